The monoisotopic (exact) mass is 456 g/mol. The second-order valence-electron chi connectivity index (χ2n) is 9.08. The Bertz CT molecular complexity index is 522. The van der Waals surface area contributed by atoms with Crippen LogP contribution in [-0.4, -0.2) is 108 Å². The lowest BCUT2D eigenvalue weighted by Crippen LogP contribution is -2.61. The van der Waals surface area contributed by atoms with Crippen LogP contribution in [0.1, 0.15) is 64.7 Å². The molecule has 3 aliphatic rings. The number of hydrogen-bond acceptors (Lipinski definition) is 6. The number of hydrogen-bond donors (Lipinski definition) is 3. The molecule has 0 radical (unpaired) electrons. The molecule has 32 heavy (non-hydrogen) atoms. The predicted molar refractivity (Wildman–Crippen MR) is 125 cm³/mol. The zero-order valence-corrected chi connectivity index (χ0v) is 20.0. The SMILES string of the molecule is CC(CCNC(=O)C1(N2CCCCC2)CCCCC1)N1CCN(C)CC1.O=CO.O=CO. The molecule has 2 aliphatic heterocycles. The number of piperazine rings is 1. The number of likely N-dealkylation sites (N-methyl/N-ethyl adjacent to an activating group) is 1. The Morgan fingerprint density at radius 2 is 1.41 bits per heavy atom. The van der Waals surface area contributed by atoms with Crippen LogP contribution in [0.4, 0.5) is 0 Å². The molecule has 0 spiro atoms. The van der Waals surface area contributed by atoms with Crippen LogP contribution in [0.25, 0.3) is 0 Å². The average molecular weight is 457 g/mol. The van der Waals surface area contributed by atoms with E-state index in [-0.39, 0.29) is 18.5 Å². The van der Waals surface area contributed by atoms with Crippen LogP contribution in [0.5, 0.6) is 0 Å². The van der Waals surface area contributed by atoms with Crippen molar-refractivity contribution in [3.05, 3.63) is 0 Å². The van der Waals surface area contributed by atoms with Crippen LogP contribution < -0.4 is 5.32 Å². The van der Waals surface area contributed by atoms with Gasteiger partial charge in [-0.1, -0.05) is 25.7 Å². The number of nitrogens with one attached hydrogen (secondary N) is 1. The number of carbonyl (C=O) groups is 3. The Hall–Kier alpha value is -1.71. The van der Waals surface area contributed by atoms with Gasteiger partial charge in [0.2, 0.25) is 5.91 Å². The summed E-state index contributed by atoms with van der Waals surface area (Å²) >= 11 is 0. The molecule has 3 rings (SSSR count). The normalized spacial score (nSPS) is 22.8. The average Bonchev–Trinajstić information content (AvgIpc) is 2.81. The van der Waals surface area contributed by atoms with Crippen molar-refractivity contribution in [2.24, 2.45) is 0 Å². The Balaban J connectivity index is 0.000000769. The third-order valence-electron chi connectivity index (χ3n) is 7.07. The standard InChI is InChI=1S/C21H40N4O.2CH2O2/c1-19(24-17-15-23(2)16-18-24)9-12-22-20(26)21(10-5-3-6-11-21)25-13-7-4-8-14-25;2*2-1-3/h19H,3-18H2,1-2H3,(H,22,26);2*1H,(H,2,3). The molecular weight excluding hydrogens is 412 g/mol. The summed E-state index contributed by atoms with van der Waals surface area (Å²) in [6.07, 6.45) is 10.7. The minimum absolute atomic E-state index is 0.199. The molecule has 0 bridgehead atoms. The van der Waals surface area contributed by atoms with Crippen LogP contribution in [0.2, 0.25) is 0 Å². The third kappa shape index (κ3) is 9.03. The van der Waals surface area contributed by atoms with E-state index >= 15 is 0 Å². The van der Waals surface area contributed by atoms with Crippen LogP contribution >= 0.6 is 0 Å². The highest BCUT2D eigenvalue weighted by molar-refractivity contribution is 5.86. The van der Waals surface area contributed by atoms with Crippen LogP contribution in [0.3, 0.4) is 0 Å². The number of rotatable bonds is 6. The molecule has 0 aromatic heterocycles. The molecule has 1 unspecified atom stereocenters. The quantitative estimate of drug-likeness (QED) is 0.518. The fourth-order valence-electron chi connectivity index (χ4n) is 5.15. The number of carboxylic acid groups (broad SMARTS) is 2. The molecule has 186 valence electrons. The molecule has 1 saturated carbocycles. The maximum atomic E-state index is 13.2. The summed E-state index contributed by atoms with van der Waals surface area (Å²) in [4.78, 5) is 37.5. The smallest absolute Gasteiger partial charge is 0.290 e. The number of nitrogens with zero attached hydrogens (tertiary/aromatic N) is 3. The summed E-state index contributed by atoms with van der Waals surface area (Å²) in [5.41, 5.74) is -0.199. The number of carbonyl (C=O) groups excluding carboxylic acids is 1. The highest BCUT2D eigenvalue weighted by Crippen LogP contribution is 2.35. The molecule has 0 aromatic carbocycles. The predicted octanol–water partition coefficient (Wildman–Crippen LogP) is 1.72. The summed E-state index contributed by atoms with van der Waals surface area (Å²) in [6, 6.07) is 0.557. The van der Waals surface area contributed by atoms with E-state index in [4.69, 9.17) is 19.8 Å². The van der Waals surface area contributed by atoms with Gasteiger partial charge in [0.1, 0.15) is 5.54 Å². The molecule has 9 nitrogen and oxygen atoms in total. The molecule has 9 heteroatoms. The van der Waals surface area contributed by atoms with E-state index in [2.05, 4.69) is 34.0 Å². The first-order chi connectivity index (χ1) is 15.4. The van der Waals surface area contributed by atoms with E-state index in [1.165, 1.54) is 38.5 Å². The Labute approximate surface area is 193 Å². The number of amides is 1. The maximum Gasteiger partial charge on any atom is 0.290 e. The van der Waals surface area contributed by atoms with Crippen molar-refractivity contribution in [2.45, 2.75) is 76.3 Å². The van der Waals surface area contributed by atoms with Gasteiger partial charge < -0.3 is 20.4 Å². The van der Waals surface area contributed by atoms with E-state index in [0.717, 1.165) is 65.1 Å². The summed E-state index contributed by atoms with van der Waals surface area (Å²) in [6.45, 7) is 9.51. The Morgan fingerprint density at radius 1 is 0.906 bits per heavy atom. The zero-order valence-electron chi connectivity index (χ0n) is 20.0. The minimum atomic E-state index is -0.250. The molecule has 1 amide bonds. The van der Waals surface area contributed by atoms with Gasteiger partial charge in [-0.25, -0.2) is 0 Å². The summed E-state index contributed by atoms with van der Waals surface area (Å²) < 4.78 is 0. The van der Waals surface area contributed by atoms with E-state index < -0.39 is 0 Å². The van der Waals surface area contributed by atoms with Crippen molar-refractivity contribution >= 4 is 18.9 Å². The Morgan fingerprint density at radius 3 is 1.94 bits per heavy atom. The van der Waals surface area contributed by atoms with Crippen LogP contribution in [-0.2, 0) is 14.4 Å². The minimum Gasteiger partial charge on any atom is -0.483 e. The van der Waals surface area contributed by atoms with Crippen LogP contribution in [0.15, 0.2) is 0 Å². The van der Waals surface area contributed by atoms with Gasteiger partial charge in [-0.05, 0) is 59.2 Å². The summed E-state index contributed by atoms with van der Waals surface area (Å²) in [5, 5.41) is 17.1. The molecule has 2 heterocycles. The molecule has 1 atom stereocenters. The van der Waals surface area contributed by atoms with Crippen molar-refractivity contribution in [3.63, 3.8) is 0 Å². The Kier molecular flexibility index (Phi) is 14.2. The zero-order chi connectivity index (χ0) is 23.8. The van der Waals surface area contributed by atoms with Crippen LogP contribution in [0, 0.1) is 0 Å². The molecule has 1 aliphatic carbocycles. The number of likely N-dealkylation sites (tertiary alicyclic amines) is 1. The van der Waals surface area contributed by atoms with Crippen molar-refractivity contribution in [1.82, 2.24) is 20.0 Å². The van der Waals surface area contributed by atoms with Gasteiger partial charge >= 0.3 is 0 Å². The van der Waals surface area contributed by atoms with E-state index in [0.29, 0.717) is 11.9 Å². The van der Waals surface area contributed by atoms with E-state index in [1.54, 1.807) is 0 Å². The first-order valence-electron chi connectivity index (χ1n) is 12.1. The second kappa shape index (κ2) is 16.0. The van der Waals surface area contributed by atoms with Crippen molar-refractivity contribution in [3.8, 4) is 0 Å². The largest absolute Gasteiger partial charge is 0.483 e. The first kappa shape index (κ1) is 28.3. The topological polar surface area (TPSA) is 113 Å². The number of piperidine rings is 1. The molecular formula is C23H44N4O5. The lowest BCUT2D eigenvalue weighted by atomic mass is 9.78. The van der Waals surface area contributed by atoms with E-state index in [9.17, 15) is 4.79 Å². The van der Waals surface area contributed by atoms with Gasteiger partial charge in [0.25, 0.3) is 12.9 Å². The van der Waals surface area contributed by atoms with Crippen molar-refractivity contribution in [2.75, 3.05) is 52.9 Å². The van der Waals surface area contributed by atoms with Crippen molar-refractivity contribution < 1.29 is 24.6 Å². The summed E-state index contributed by atoms with van der Waals surface area (Å²) in [7, 11) is 2.20. The lowest BCUT2D eigenvalue weighted by molar-refractivity contribution is -0.137. The lowest BCUT2D eigenvalue weighted by Gasteiger charge is -2.46. The molecule has 3 N–H and O–H groups in total. The summed E-state index contributed by atoms with van der Waals surface area (Å²) in [5.74, 6) is 0.324. The van der Waals surface area contributed by atoms with Gasteiger partial charge in [-0.15, -0.1) is 0 Å². The first-order valence-corrected chi connectivity index (χ1v) is 12.1. The molecule has 3 fully saturated rings. The highest BCUT2D eigenvalue weighted by Gasteiger charge is 2.44. The molecule has 0 aromatic rings. The van der Waals surface area contributed by atoms with Gasteiger partial charge in [-0.3, -0.25) is 24.2 Å². The van der Waals surface area contributed by atoms with E-state index in [1.807, 2.05) is 0 Å². The fraction of sp³-hybridized carbons (Fsp3) is 0.870. The van der Waals surface area contributed by atoms with Gasteiger partial charge in [0, 0.05) is 38.8 Å². The molecule has 2 saturated heterocycles. The third-order valence-corrected chi connectivity index (χ3v) is 7.07. The van der Waals surface area contributed by atoms with Gasteiger partial charge in [-0.2, -0.15) is 0 Å². The van der Waals surface area contributed by atoms with Gasteiger partial charge in [0.05, 0.1) is 0 Å². The van der Waals surface area contributed by atoms with Gasteiger partial charge in [0.15, 0.2) is 0 Å². The highest BCUT2D eigenvalue weighted by atomic mass is 16.3. The fourth-order valence-corrected chi connectivity index (χ4v) is 5.15. The second-order valence-corrected chi connectivity index (χ2v) is 9.08. The van der Waals surface area contributed by atoms with Crippen molar-refractivity contribution in [1.29, 1.82) is 0 Å². The maximum absolute atomic E-state index is 13.2.